The molecule has 31 heavy (non-hydrogen) atoms. The summed E-state index contributed by atoms with van der Waals surface area (Å²) in [4.78, 5) is 28.2. The Labute approximate surface area is 185 Å². The summed E-state index contributed by atoms with van der Waals surface area (Å²) < 4.78 is 5.40. The van der Waals surface area contributed by atoms with Crippen LogP contribution in [0.3, 0.4) is 0 Å². The second-order valence-electron chi connectivity index (χ2n) is 7.37. The van der Waals surface area contributed by atoms with Crippen molar-refractivity contribution in [2.45, 2.75) is 13.8 Å². The molecule has 1 heterocycles. The SMILES string of the molecule is COc1ccccc1NC1=C(c2ccc(Cl)cc2)C(=O)N(c2cc(C)cc(C)c2)C1=O. The fourth-order valence-electron chi connectivity index (χ4n) is 3.73. The third-order valence-corrected chi connectivity index (χ3v) is 5.30. The van der Waals surface area contributed by atoms with E-state index in [9.17, 15) is 9.59 Å². The van der Waals surface area contributed by atoms with Crippen LogP contribution in [0, 0.1) is 13.8 Å². The molecule has 1 N–H and O–H groups in total. The minimum atomic E-state index is -0.425. The second kappa shape index (κ2) is 8.28. The Morgan fingerprint density at radius 2 is 1.52 bits per heavy atom. The molecule has 2 amide bonds. The Balaban J connectivity index is 1.86. The Kier molecular flexibility index (Phi) is 5.53. The standard InChI is InChI=1S/C25H21ClN2O3/c1-15-12-16(2)14-19(13-15)28-24(29)22(17-8-10-18(26)11-9-17)23(25(28)30)27-20-6-4-5-7-21(20)31-3/h4-14,27H,1-3H3. The van der Waals surface area contributed by atoms with Crippen molar-refractivity contribution in [2.24, 2.45) is 0 Å². The molecule has 156 valence electrons. The van der Waals surface area contributed by atoms with Crippen molar-refractivity contribution in [2.75, 3.05) is 17.3 Å². The Bertz CT molecular complexity index is 1200. The van der Waals surface area contributed by atoms with Gasteiger partial charge < -0.3 is 10.1 Å². The highest BCUT2D eigenvalue weighted by Gasteiger charge is 2.40. The van der Waals surface area contributed by atoms with E-state index in [0.29, 0.717) is 27.7 Å². The van der Waals surface area contributed by atoms with Crippen LogP contribution in [0.25, 0.3) is 5.57 Å². The first-order chi connectivity index (χ1) is 14.9. The van der Waals surface area contributed by atoms with Gasteiger partial charge in [-0.3, -0.25) is 9.59 Å². The number of hydrogen-bond acceptors (Lipinski definition) is 4. The average molecular weight is 433 g/mol. The summed E-state index contributed by atoms with van der Waals surface area (Å²) in [6, 6.07) is 19.8. The van der Waals surface area contributed by atoms with Crippen LogP contribution >= 0.6 is 11.6 Å². The first kappa shape index (κ1) is 20.7. The molecule has 1 aliphatic rings. The number of benzene rings is 3. The molecule has 0 spiro atoms. The number of carbonyl (C=O) groups excluding carboxylic acids is 2. The second-order valence-corrected chi connectivity index (χ2v) is 7.81. The molecule has 0 radical (unpaired) electrons. The fourth-order valence-corrected chi connectivity index (χ4v) is 3.85. The van der Waals surface area contributed by atoms with Gasteiger partial charge in [0.2, 0.25) is 0 Å². The highest BCUT2D eigenvalue weighted by Crippen LogP contribution is 2.36. The first-order valence-electron chi connectivity index (χ1n) is 9.76. The van der Waals surface area contributed by atoms with E-state index >= 15 is 0 Å². The van der Waals surface area contributed by atoms with Crippen LogP contribution < -0.4 is 15.0 Å². The van der Waals surface area contributed by atoms with E-state index in [1.807, 2.05) is 44.2 Å². The van der Waals surface area contributed by atoms with Crippen molar-refractivity contribution in [3.05, 3.63) is 94.1 Å². The van der Waals surface area contributed by atoms with Gasteiger partial charge in [0.1, 0.15) is 11.4 Å². The molecule has 3 aromatic rings. The van der Waals surface area contributed by atoms with Crippen molar-refractivity contribution >= 4 is 40.4 Å². The molecule has 0 aromatic heterocycles. The number of carbonyl (C=O) groups is 2. The van der Waals surface area contributed by atoms with Gasteiger partial charge in [0.25, 0.3) is 11.8 Å². The summed E-state index contributed by atoms with van der Waals surface area (Å²) in [7, 11) is 1.55. The van der Waals surface area contributed by atoms with Gasteiger partial charge in [-0.1, -0.05) is 41.9 Å². The predicted molar refractivity (Wildman–Crippen MR) is 123 cm³/mol. The molecule has 3 aromatic carbocycles. The van der Waals surface area contributed by atoms with Crippen LogP contribution in [0.15, 0.2) is 72.4 Å². The van der Waals surface area contributed by atoms with Gasteiger partial charge in [-0.05, 0) is 66.9 Å². The summed E-state index contributed by atoms with van der Waals surface area (Å²) >= 11 is 6.04. The number of amides is 2. The lowest BCUT2D eigenvalue weighted by Gasteiger charge is -2.17. The average Bonchev–Trinajstić information content (AvgIpc) is 2.98. The number of imide groups is 1. The number of nitrogens with one attached hydrogen (secondary N) is 1. The number of aryl methyl sites for hydroxylation is 2. The summed E-state index contributed by atoms with van der Waals surface area (Å²) in [5.74, 6) is -0.254. The van der Waals surface area contributed by atoms with Gasteiger partial charge >= 0.3 is 0 Å². The molecule has 5 nitrogen and oxygen atoms in total. The van der Waals surface area contributed by atoms with E-state index in [1.165, 1.54) is 4.90 Å². The summed E-state index contributed by atoms with van der Waals surface area (Å²) in [5, 5.41) is 3.69. The first-order valence-corrected chi connectivity index (χ1v) is 10.1. The zero-order chi connectivity index (χ0) is 22.1. The van der Waals surface area contributed by atoms with Gasteiger partial charge in [-0.2, -0.15) is 0 Å². The minimum absolute atomic E-state index is 0.191. The molecule has 0 bridgehead atoms. The van der Waals surface area contributed by atoms with Crippen LogP contribution in [0.1, 0.15) is 16.7 Å². The van der Waals surface area contributed by atoms with Gasteiger partial charge in [-0.25, -0.2) is 4.90 Å². The maximum Gasteiger partial charge on any atom is 0.282 e. The Morgan fingerprint density at radius 1 is 0.871 bits per heavy atom. The third-order valence-electron chi connectivity index (χ3n) is 5.05. The smallest absolute Gasteiger partial charge is 0.282 e. The molecule has 0 fully saturated rings. The maximum atomic E-state index is 13.5. The fraction of sp³-hybridized carbons (Fsp3) is 0.120. The zero-order valence-electron chi connectivity index (χ0n) is 17.4. The third kappa shape index (κ3) is 3.92. The molecule has 6 heteroatoms. The van der Waals surface area contributed by atoms with Gasteiger partial charge in [0.15, 0.2) is 0 Å². The molecule has 0 saturated carbocycles. The molecule has 0 atom stereocenters. The van der Waals surface area contributed by atoms with Crippen LogP contribution in [0.4, 0.5) is 11.4 Å². The quantitative estimate of drug-likeness (QED) is 0.551. The van der Waals surface area contributed by atoms with Crippen molar-refractivity contribution in [1.29, 1.82) is 0 Å². The van der Waals surface area contributed by atoms with Crippen LogP contribution in [0.2, 0.25) is 5.02 Å². The van der Waals surface area contributed by atoms with Crippen LogP contribution in [-0.4, -0.2) is 18.9 Å². The summed E-state index contributed by atoms with van der Waals surface area (Å²) in [5.41, 5.74) is 4.14. The minimum Gasteiger partial charge on any atom is -0.495 e. The number of halogens is 1. The summed E-state index contributed by atoms with van der Waals surface area (Å²) in [6.45, 7) is 3.87. The monoisotopic (exact) mass is 432 g/mol. The number of para-hydroxylation sites is 2. The van der Waals surface area contributed by atoms with Gasteiger partial charge in [-0.15, -0.1) is 0 Å². The zero-order valence-corrected chi connectivity index (χ0v) is 18.2. The molecular weight excluding hydrogens is 412 g/mol. The Morgan fingerprint density at radius 3 is 2.16 bits per heavy atom. The number of hydrogen-bond donors (Lipinski definition) is 1. The molecule has 4 rings (SSSR count). The Hall–Kier alpha value is -3.57. The van der Waals surface area contributed by atoms with E-state index in [1.54, 1.807) is 43.5 Å². The summed E-state index contributed by atoms with van der Waals surface area (Å²) in [6.07, 6.45) is 0. The lowest BCUT2D eigenvalue weighted by atomic mass is 10.0. The number of methoxy groups -OCH3 is 1. The van der Waals surface area contributed by atoms with E-state index in [2.05, 4.69) is 5.32 Å². The van der Waals surface area contributed by atoms with Crippen molar-refractivity contribution < 1.29 is 14.3 Å². The normalized spacial score (nSPS) is 13.7. The van der Waals surface area contributed by atoms with E-state index in [0.717, 1.165) is 11.1 Å². The van der Waals surface area contributed by atoms with E-state index in [-0.39, 0.29) is 11.3 Å². The van der Waals surface area contributed by atoms with Crippen LogP contribution in [0.5, 0.6) is 5.75 Å². The molecule has 0 unspecified atom stereocenters. The highest BCUT2D eigenvalue weighted by molar-refractivity contribution is 6.46. The van der Waals surface area contributed by atoms with Crippen molar-refractivity contribution in [1.82, 2.24) is 0 Å². The predicted octanol–water partition coefficient (Wildman–Crippen LogP) is 5.36. The van der Waals surface area contributed by atoms with Crippen molar-refractivity contribution in [3.8, 4) is 5.75 Å². The highest BCUT2D eigenvalue weighted by atomic mass is 35.5. The lowest BCUT2D eigenvalue weighted by molar-refractivity contribution is -0.120. The van der Waals surface area contributed by atoms with Crippen molar-refractivity contribution in [3.63, 3.8) is 0 Å². The van der Waals surface area contributed by atoms with E-state index < -0.39 is 11.8 Å². The number of ether oxygens (including phenoxy) is 1. The number of nitrogens with zero attached hydrogens (tertiary/aromatic N) is 1. The lowest BCUT2D eigenvalue weighted by Crippen LogP contribution is -2.32. The van der Waals surface area contributed by atoms with Crippen LogP contribution in [-0.2, 0) is 9.59 Å². The van der Waals surface area contributed by atoms with Gasteiger partial charge in [0, 0.05) is 5.02 Å². The molecule has 1 aliphatic heterocycles. The van der Waals surface area contributed by atoms with Gasteiger partial charge in [0.05, 0.1) is 24.1 Å². The number of anilines is 2. The topological polar surface area (TPSA) is 58.6 Å². The van der Waals surface area contributed by atoms with E-state index in [4.69, 9.17) is 16.3 Å². The maximum absolute atomic E-state index is 13.5. The number of rotatable bonds is 5. The molecule has 0 saturated heterocycles. The molecular formula is C25H21ClN2O3. The molecule has 0 aliphatic carbocycles. The largest absolute Gasteiger partial charge is 0.495 e.